The van der Waals surface area contributed by atoms with E-state index in [1.165, 1.54) is 0 Å². The Labute approximate surface area is 228 Å². The highest BCUT2D eigenvalue weighted by atomic mass is 16.7. The minimum Gasteiger partial charge on any atom is -0.463 e. The summed E-state index contributed by atoms with van der Waals surface area (Å²) < 4.78 is 11.9. The Kier molecular flexibility index (Phi) is 9.82. The molecule has 0 bridgehead atoms. The van der Waals surface area contributed by atoms with Crippen LogP contribution in [0.1, 0.15) is 90.9 Å². The van der Waals surface area contributed by atoms with Gasteiger partial charge in [0.2, 0.25) is 0 Å². The van der Waals surface area contributed by atoms with Gasteiger partial charge in [-0.1, -0.05) is 44.3 Å². The molecule has 214 valence electrons. The van der Waals surface area contributed by atoms with Crippen LogP contribution in [-0.2, 0) is 23.9 Å². The number of nitrogens with two attached hydrogens (primary N) is 1. The minimum absolute atomic E-state index is 0.0624. The molecule has 2 saturated heterocycles. The standard InChI is InChI=1S/C30H49N3O5/c1-4-5-8-22(18-32-3)19-37-28(36)30-27(35)24-10-7-6-9-23(24)26(34)29(30,38-30)15-13-20(2)11-12-21-14-16-33-25(31)17-21/h13,21-25,32-33H,4-12,14-19,31H2,1-3H3/t21?,22-,23?,24?,25?,29+,30+/m1/s1. The number of fused-ring (bicyclic) bond motifs is 2. The Morgan fingerprint density at radius 2 is 1.97 bits per heavy atom. The quantitative estimate of drug-likeness (QED) is 0.143. The SMILES string of the molecule is CCCC[C@H](CNC)COC(=O)[C@]12O[C@@]1(CC=C(C)CCC1CCNC(N)C1)C(=O)C1CCCCC1C2=O. The van der Waals surface area contributed by atoms with Crippen molar-refractivity contribution < 1.29 is 23.9 Å². The molecule has 0 radical (unpaired) electrons. The number of rotatable bonds is 13. The Balaban J connectivity index is 1.48. The summed E-state index contributed by atoms with van der Waals surface area (Å²) in [6, 6.07) is 0. The maximum absolute atomic E-state index is 13.9. The number of Topliss-reactive ketones (excluding diaryl/α,β-unsaturated/α-hetero) is 2. The van der Waals surface area contributed by atoms with Crippen LogP contribution in [0, 0.1) is 23.7 Å². The molecule has 7 atom stereocenters. The Bertz CT molecular complexity index is 906. The molecule has 0 aromatic rings. The second kappa shape index (κ2) is 12.7. The zero-order valence-electron chi connectivity index (χ0n) is 23.7. The number of unbranched alkanes of at least 4 members (excludes halogenated alkanes) is 1. The highest BCUT2D eigenvalue weighted by molar-refractivity contribution is 6.23. The van der Waals surface area contributed by atoms with Crippen LogP contribution < -0.4 is 16.4 Å². The van der Waals surface area contributed by atoms with E-state index in [0.717, 1.165) is 76.5 Å². The van der Waals surface area contributed by atoms with Gasteiger partial charge >= 0.3 is 5.97 Å². The first-order chi connectivity index (χ1) is 18.3. The van der Waals surface area contributed by atoms with Crippen molar-refractivity contribution in [3.63, 3.8) is 0 Å². The first kappa shape index (κ1) is 29.4. The molecule has 4 N–H and O–H groups in total. The maximum atomic E-state index is 13.9. The van der Waals surface area contributed by atoms with Crippen LogP contribution in [0.4, 0.5) is 0 Å². The number of epoxide rings is 1. The highest BCUT2D eigenvalue weighted by Gasteiger charge is 2.86. The van der Waals surface area contributed by atoms with Gasteiger partial charge in [0.1, 0.15) is 0 Å². The van der Waals surface area contributed by atoms with Gasteiger partial charge in [-0.25, -0.2) is 4.79 Å². The van der Waals surface area contributed by atoms with E-state index in [2.05, 4.69) is 24.5 Å². The molecule has 2 aliphatic carbocycles. The summed E-state index contributed by atoms with van der Waals surface area (Å²) in [6.07, 6.45) is 12.6. The molecule has 8 heteroatoms. The smallest absolute Gasteiger partial charge is 0.349 e. The molecule has 38 heavy (non-hydrogen) atoms. The second-order valence-corrected chi connectivity index (χ2v) is 12.2. The summed E-state index contributed by atoms with van der Waals surface area (Å²) in [5, 5.41) is 6.46. The number of piperidine rings is 1. The largest absolute Gasteiger partial charge is 0.463 e. The van der Waals surface area contributed by atoms with Gasteiger partial charge in [-0.3, -0.25) is 9.59 Å². The lowest BCUT2D eigenvalue weighted by Gasteiger charge is -2.36. The van der Waals surface area contributed by atoms with Crippen molar-refractivity contribution in [2.75, 3.05) is 26.7 Å². The van der Waals surface area contributed by atoms with E-state index < -0.39 is 23.1 Å². The fraction of sp³-hybridized carbons (Fsp3) is 0.833. The van der Waals surface area contributed by atoms with Crippen LogP contribution in [0.25, 0.3) is 0 Å². The monoisotopic (exact) mass is 531 g/mol. The molecule has 4 unspecified atom stereocenters. The second-order valence-electron chi connectivity index (χ2n) is 12.2. The first-order valence-corrected chi connectivity index (χ1v) is 15.0. The summed E-state index contributed by atoms with van der Waals surface area (Å²) in [5.74, 6) is -0.973. The highest BCUT2D eigenvalue weighted by Crippen LogP contribution is 2.61. The zero-order chi connectivity index (χ0) is 27.3. The maximum Gasteiger partial charge on any atom is 0.349 e. The van der Waals surface area contributed by atoms with Gasteiger partial charge in [0, 0.05) is 30.7 Å². The number of esters is 1. The summed E-state index contributed by atoms with van der Waals surface area (Å²) in [4.78, 5) is 41.3. The van der Waals surface area contributed by atoms with Gasteiger partial charge in [0.05, 0.1) is 12.8 Å². The van der Waals surface area contributed by atoms with Crippen LogP contribution in [0.5, 0.6) is 0 Å². The molecule has 4 rings (SSSR count). The van der Waals surface area contributed by atoms with Crippen molar-refractivity contribution in [3.05, 3.63) is 11.6 Å². The average molecular weight is 532 g/mol. The lowest BCUT2D eigenvalue weighted by Crippen LogP contribution is -2.58. The van der Waals surface area contributed by atoms with Crippen LogP contribution in [0.15, 0.2) is 11.6 Å². The van der Waals surface area contributed by atoms with E-state index in [0.29, 0.717) is 18.8 Å². The summed E-state index contributed by atoms with van der Waals surface area (Å²) in [6.45, 7) is 6.10. The third-order valence-electron chi connectivity index (χ3n) is 9.47. The number of ether oxygens (including phenoxy) is 2. The number of ketones is 2. The number of carbonyl (C=O) groups is 3. The molecule has 2 saturated carbocycles. The van der Waals surface area contributed by atoms with Crippen molar-refractivity contribution in [3.8, 4) is 0 Å². The lowest BCUT2D eigenvalue weighted by molar-refractivity contribution is -0.159. The van der Waals surface area contributed by atoms with Crippen LogP contribution >= 0.6 is 0 Å². The minimum atomic E-state index is -1.77. The van der Waals surface area contributed by atoms with Gasteiger partial charge in [-0.2, -0.15) is 0 Å². The molecule has 0 amide bonds. The number of hydrogen-bond donors (Lipinski definition) is 3. The lowest BCUT2D eigenvalue weighted by atomic mass is 9.61. The van der Waals surface area contributed by atoms with E-state index in [1.54, 1.807) is 0 Å². The van der Waals surface area contributed by atoms with Crippen molar-refractivity contribution in [1.82, 2.24) is 10.6 Å². The van der Waals surface area contributed by atoms with Gasteiger partial charge in [0.15, 0.2) is 17.2 Å². The third-order valence-corrected chi connectivity index (χ3v) is 9.47. The molecule has 2 aliphatic heterocycles. The molecular formula is C30H49N3O5. The van der Waals surface area contributed by atoms with Crippen molar-refractivity contribution in [2.24, 2.45) is 29.4 Å². The van der Waals surface area contributed by atoms with E-state index in [4.69, 9.17) is 15.2 Å². The number of nitrogens with one attached hydrogen (secondary N) is 2. The summed E-state index contributed by atoms with van der Waals surface area (Å²) in [7, 11) is 1.88. The summed E-state index contributed by atoms with van der Waals surface area (Å²) >= 11 is 0. The van der Waals surface area contributed by atoms with Crippen LogP contribution in [0.2, 0.25) is 0 Å². The summed E-state index contributed by atoms with van der Waals surface area (Å²) in [5.41, 5.74) is 4.05. The third kappa shape index (κ3) is 5.79. The Hall–Kier alpha value is -1.61. The Morgan fingerprint density at radius 3 is 2.66 bits per heavy atom. The van der Waals surface area contributed by atoms with Gasteiger partial charge in [0.25, 0.3) is 5.60 Å². The first-order valence-electron chi connectivity index (χ1n) is 15.0. The Morgan fingerprint density at radius 1 is 1.24 bits per heavy atom. The molecule has 8 nitrogen and oxygen atoms in total. The molecule has 0 spiro atoms. The normalized spacial score (nSPS) is 35.8. The van der Waals surface area contributed by atoms with Crippen molar-refractivity contribution >= 4 is 17.5 Å². The fourth-order valence-electron chi connectivity index (χ4n) is 7.09. The molecule has 0 aromatic carbocycles. The van der Waals surface area contributed by atoms with Crippen LogP contribution in [0.3, 0.4) is 0 Å². The topological polar surface area (TPSA) is 123 Å². The number of allylic oxidation sites excluding steroid dienone is 1. The molecule has 2 heterocycles. The van der Waals surface area contributed by atoms with Gasteiger partial charge in [-0.15, -0.1) is 0 Å². The molecule has 0 aromatic heterocycles. The predicted molar refractivity (Wildman–Crippen MR) is 146 cm³/mol. The van der Waals surface area contributed by atoms with Crippen LogP contribution in [-0.4, -0.2) is 61.6 Å². The number of hydrogen-bond acceptors (Lipinski definition) is 8. The zero-order valence-corrected chi connectivity index (χ0v) is 23.7. The molecule has 4 aliphatic rings. The molecule has 4 fully saturated rings. The van der Waals surface area contributed by atoms with E-state index in [9.17, 15) is 14.4 Å². The van der Waals surface area contributed by atoms with Gasteiger partial charge in [-0.05, 0) is 71.4 Å². The van der Waals surface area contributed by atoms with E-state index in [-0.39, 0.29) is 42.6 Å². The average Bonchev–Trinajstić information content (AvgIpc) is 3.63. The van der Waals surface area contributed by atoms with Crippen molar-refractivity contribution in [1.29, 1.82) is 0 Å². The van der Waals surface area contributed by atoms with E-state index >= 15 is 0 Å². The molecular weight excluding hydrogens is 482 g/mol. The van der Waals surface area contributed by atoms with Gasteiger partial charge < -0.3 is 25.8 Å². The van der Waals surface area contributed by atoms with Crippen molar-refractivity contribution in [2.45, 2.75) is 108 Å². The fourth-order valence-corrected chi connectivity index (χ4v) is 7.09. The van der Waals surface area contributed by atoms with E-state index in [1.807, 2.05) is 13.1 Å². The predicted octanol–water partition coefficient (Wildman–Crippen LogP) is 3.42. The number of carbonyl (C=O) groups excluding carboxylic acids is 3.